The van der Waals surface area contributed by atoms with Crippen molar-refractivity contribution < 1.29 is 4.79 Å². The van der Waals surface area contributed by atoms with Gasteiger partial charge in [0.25, 0.3) is 5.56 Å². The Kier molecular flexibility index (Phi) is 6.18. The van der Waals surface area contributed by atoms with E-state index in [4.69, 9.17) is 0 Å². The number of amides is 1. The Hall–Kier alpha value is -2.74. The number of carbonyl (C=O) groups is 1. The molecule has 0 aliphatic carbocycles. The van der Waals surface area contributed by atoms with Crippen molar-refractivity contribution in [3.8, 4) is 0 Å². The van der Waals surface area contributed by atoms with Crippen LogP contribution in [0.1, 0.15) is 24.6 Å². The Morgan fingerprint density at radius 1 is 1.26 bits per heavy atom. The molecule has 0 spiro atoms. The summed E-state index contributed by atoms with van der Waals surface area (Å²) in [6.45, 7) is 2.80. The summed E-state index contributed by atoms with van der Waals surface area (Å²) in [5, 5.41) is 7.80. The molecule has 0 aliphatic heterocycles. The fourth-order valence-electron chi connectivity index (χ4n) is 2.71. The Labute approximate surface area is 161 Å². The van der Waals surface area contributed by atoms with Gasteiger partial charge in [-0.05, 0) is 18.4 Å². The highest BCUT2D eigenvalue weighted by atomic mass is 32.1. The van der Waals surface area contributed by atoms with Crippen LogP contribution in [0.3, 0.4) is 0 Å². The zero-order chi connectivity index (χ0) is 19.2. The lowest BCUT2D eigenvalue weighted by molar-refractivity contribution is -0.119. The molecule has 3 rings (SSSR count). The van der Waals surface area contributed by atoms with E-state index in [1.165, 1.54) is 27.5 Å². The summed E-state index contributed by atoms with van der Waals surface area (Å²) in [4.78, 5) is 31.1. The van der Waals surface area contributed by atoms with Crippen molar-refractivity contribution in [3.05, 3.63) is 58.0 Å². The van der Waals surface area contributed by atoms with Gasteiger partial charge in [-0.2, -0.15) is 4.52 Å². The molecule has 0 aliphatic rings. The van der Waals surface area contributed by atoms with E-state index in [-0.39, 0.29) is 18.0 Å². The van der Waals surface area contributed by atoms with Gasteiger partial charge in [0.15, 0.2) is 0 Å². The van der Waals surface area contributed by atoms with Crippen LogP contribution in [-0.4, -0.2) is 40.6 Å². The molecule has 0 atom stereocenters. The zero-order valence-electron chi connectivity index (χ0n) is 15.5. The second-order valence-electron chi connectivity index (χ2n) is 6.36. The summed E-state index contributed by atoms with van der Waals surface area (Å²) in [7, 11) is 1.78. The third-order valence-electron chi connectivity index (χ3n) is 4.08. The highest BCUT2D eigenvalue weighted by Gasteiger charge is 2.14. The highest BCUT2D eigenvalue weighted by molar-refractivity contribution is 7.20. The van der Waals surface area contributed by atoms with Gasteiger partial charge < -0.3 is 10.2 Å². The van der Waals surface area contributed by atoms with Crippen molar-refractivity contribution >= 4 is 27.3 Å². The quantitative estimate of drug-likeness (QED) is 0.641. The van der Waals surface area contributed by atoms with E-state index in [1.807, 2.05) is 37.3 Å². The molecule has 0 saturated heterocycles. The molecule has 7 nitrogen and oxygen atoms in total. The van der Waals surface area contributed by atoms with E-state index in [9.17, 15) is 9.59 Å². The van der Waals surface area contributed by atoms with E-state index in [2.05, 4.69) is 15.4 Å². The van der Waals surface area contributed by atoms with Crippen LogP contribution in [0.2, 0.25) is 0 Å². The second-order valence-corrected chi connectivity index (χ2v) is 7.29. The summed E-state index contributed by atoms with van der Waals surface area (Å²) in [6.07, 6.45) is 2.48. The van der Waals surface area contributed by atoms with Crippen LogP contribution in [0.5, 0.6) is 0 Å². The number of fused-ring (bicyclic) bond motifs is 1. The van der Waals surface area contributed by atoms with Crippen LogP contribution >= 0.6 is 11.3 Å². The summed E-state index contributed by atoms with van der Waals surface area (Å²) in [6, 6.07) is 11.5. The summed E-state index contributed by atoms with van der Waals surface area (Å²) in [5.74, 6) is -0.0836. The van der Waals surface area contributed by atoms with Crippen molar-refractivity contribution in [2.75, 3.05) is 25.0 Å². The number of benzene rings is 1. The lowest BCUT2D eigenvalue weighted by Crippen LogP contribution is -2.36. The molecule has 142 valence electrons. The molecule has 1 N–H and O–H groups in total. The molecule has 27 heavy (non-hydrogen) atoms. The Bertz CT molecular complexity index is 967. The number of hydrogen-bond acceptors (Lipinski definition) is 6. The molecule has 0 unspecified atom stereocenters. The van der Waals surface area contributed by atoms with Crippen LogP contribution in [0.15, 0.2) is 41.2 Å². The predicted molar refractivity (Wildman–Crippen MR) is 108 cm³/mol. The maximum atomic E-state index is 12.2. The van der Waals surface area contributed by atoms with Crippen molar-refractivity contribution in [2.24, 2.45) is 0 Å². The topological polar surface area (TPSA) is 79.6 Å². The van der Waals surface area contributed by atoms with Gasteiger partial charge in [-0.3, -0.25) is 9.59 Å². The molecule has 2 aromatic heterocycles. The average Bonchev–Trinajstić information content (AvgIpc) is 3.08. The monoisotopic (exact) mass is 385 g/mol. The van der Waals surface area contributed by atoms with Crippen LogP contribution in [0.4, 0.5) is 5.13 Å². The van der Waals surface area contributed by atoms with E-state index < -0.39 is 0 Å². The van der Waals surface area contributed by atoms with E-state index in [1.54, 1.807) is 11.9 Å². The standard InChI is InChI=1S/C19H23N5O2S/c1-3-7-15-12-17(26)24-18(21-15)27-19(22-24)23(2)13-16(25)20-11-10-14-8-5-4-6-9-14/h4-6,8-9,12H,3,7,10-11,13H2,1-2H3,(H,20,25). The molecule has 3 aromatic rings. The van der Waals surface area contributed by atoms with E-state index >= 15 is 0 Å². The zero-order valence-corrected chi connectivity index (χ0v) is 16.3. The SMILES string of the molecule is CCCc1cc(=O)n2nc(N(C)CC(=O)NCCc3ccccc3)sc2n1. The predicted octanol–water partition coefficient (Wildman–Crippen LogP) is 1.90. The van der Waals surface area contributed by atoms with E-state index in [0.717, 1.165) is 25.0 Å². The Morgan fingerprint density at radius 2 is 2.04 bits per heavy atom. The first-order valence-electron chi connectivity index (χ1n) is 8.98. The molecule has 8 heteroatoms. The Balaban J connectivity index is 1.60. The number of hydrogen-bond donors (Lipinski definition) is 1. The fraction of sp³-hybridized carbons (Fsp3) is 0.368. The lowest BCUT2D eigenvalue weighted by Gasteiger charge is -2.14. The number of likely N-dealkylation sites (N-methyl/N-ethyl adjacent to an activating group) is 1. The molecule has 0 radical (unpaired) electrons. The molecule has 0 saturated carbocycles. The first kappa shape index (κ1) is 19.0. The maximum Gasteiger partial charge on any atom is 0.275 e. The first-order valence-corrected chi connectivity index (χ1v) is 9.80. The fourth-order valence-corrected chi connectivity index (χ4v) is 3.60. The van der Waals surface area contributed by atoms with Gasteiger partial charge in [-0.15, -0.1) is 5.10 Å². The number of rotatable bonds is 8. The van der Waals surface area contributed by atoms with Gasteiger partial charge in [0, 0.05) is 25.4 Å². The normalized spacial score (nSPS) is 10.9. The number of nitrogens with zero attached hydrogens (tertiary/aromatic N) is 4. The Morgan fingerprint density at radius 3 is 2.78 bits per heavy atom. The van der Waals surface area contributed by atoms with Crippen molar-refractivity contribution in [2.45, 2.75) is 26.2 Å². The summed E-state index contributed by atoms with van der Waals surface area (Å²) in [5.41, 5.74) is 1.77. The van der Waals surface area contributed by atoms with Crippen LogP contribution < -0.4 is 15.8 Å². The van der Waals surface area contributed by atoms with Crippen molar-refractivity contribution in [3.63, 3.8) is 0 Å². The van der Waals surface area contributed by atoms with Crippen molar-refractivity contribution in [1.82, 2.24) is 19.9 Å². The lowest BCUT2D eigenvalue weighted by atomic mass is 10.1. The molecule has 1 aromatic carbocycles. The number of aryl methyl sites for hydroxylation is 1. The third kappa shape index (κ3) is 4.91. The molecular weight excluding hydrogens is 362 g/mol. The van der Waals surface area contributed by atoms with Crippen LogP contribution in [-0.2, 0) is 17.6 Å². The molecule has 0 bridgehead atoms. The maximum absolute atomic E-state index is 12.2. The highest BCUT2D eigenvalue weighted by Crippen LogP contribution is 2.20. The minimum absolute atomic E-state index is 0.0836. The molecule has 1 amide bonds. The number of aromatic nitrogens is 3. The molecule has 2 heterocycles. The van der Waals surface area contributed by atoms with E-state index in [0.29, 0.717) is 16.6 Å². The number of nitrogens with one attached hydrogen (secondary N) is 1. The molecular formula is C19H23N5O2S. The smallest absolute Gasteiger partial charge is 0.275 e. The largest absolute Gasteiger partial charge is 0.354 e. The third-order valence-corrected chi connectivity index (χ3v) is 5.10. The van der Waals surface area contributed by atoms with Gasteiger partial charge in [0.1, 0.15) is 0 Å². The molecule has 0 fully saturated rings. The van der Waals surface area contributed by atoms with Gasteiger partial charge in [0.05, 0.1) is 6.54 Å². The minimum atomic E-state index is -0.188. The summed E-state index contributed by atoms with van der Waals surface area (Å²) >= 11 is 1.31. The van der Waals surface area contributed by atoms with Crippen molar-refractivity contribution in [1.29, 1.82) is 0 Å². The average molecular weight is 385 g/mol. The van der Waals surface area contributed by atoms with Gasteiger partial charge in [-0.25, -0.2) is 4.98 Å². The second kappa shape index (κ2) is 8.77. The van der Waals surface area contributed by atoms with Gasteiger partial charge in [0.2, 0.25) is 16.0 Å². The minimum Gasteiger partial charge on any atom is -0.354 e. The first-order chi connectivity index (χ1) is 13.1. The van der Waals surface area contributed by atoms with Crippen LogP contribution in [0, 0.1) is 0 Å². The number of anilines is 1. The van der Waals surface area contributed by atoms with Gasteiger partial charge >= 0.3 is 0 Å². The van der Waals surface area contributed by atoms with Crippen LogP contribution in [0.25, 0.3) is 4.96 Å². The van der Waals surface area contributed by atoms with Gasteiger partial charge in [-0.1, -0.05) is 55.0 Å². The number of carbonyl (C=O) groups excluding carboxylic acids is 1. The summed E-state index contributed by atoms with van der Waals surface area (Å²) < 4.78 is 1.29.